The molecule has 2 aromatic carbocycles. The molecule has 0 N–H and O–H groups in total. The van der Waals surface area contributed by atoms with Crippen molar-refractivity contribution in [3.63, 3.8) is 0 Å². The molecule has 2 rings (SSSR count). The van der Waals surface area contributed by atoms with Gasteiger partial charge in [0.05, 0.1) is 0 Å². The number of hydrogen-bond acceptors (Lipinski definition) is 0. The van der Waals surface area contributed by atoms with E-state index in [2.05, 4.69) is 63.7 Å². The van der Waals surface area contributed by atoms with E-state index >= 15 is 0 Å². The summed E-state index contributed by atoms with van der Waals surface area (Å²) in [5.41, 5.74) is 2.63. The topological polar surface area (TPSA) is 0 Å². The minimum atomic E-state index is 0.222. The Balaban J connectivity index is 2.66. The second-order valence-electron chi connectivity index (χ2n) is 3.95. The Morgan fingerprint density at radius 3 is 1.15 bits per heavy atom. The van der Waals surface area contributed by atoms with Crippen LogP contribution in [0, 0.1) is 0 Å². The summed E-state index contributed by atoms with van der Waals surface area (Å²) in [6, 6.07) is 11.8. The first-order valence-electron chi connectivity index (χ1n) is 5.35. The van der Waals surface area contributed by atoms with Crippen molar-refractivity contribution in [2.45, 2.75) is 0 Å². The molecule has 0 aliphatic heterocycles. The van der Waals surface area contributed by atoms with Gasteiger partial charge in [0.15, 0.2) is 0 Å². The predicted octanol–water partition coefficient (Wildman–Crippen LogP) is 7.93. The van der Waals surface area contributed by atoms with E-state index in [1.165, 1.54) is 0 Å². The molecule has 0 heterocycles. The molecule has 6 heteroatoms. The Morgan fingerprint density at radius 1 is 0.600 bits per heavy atom. The molecule has 0 nitrogen and oxygen atoms in total. The maximum Gasteiger partial charge on any atom is 0.115 e. The van der Waals surface area contributed by atoms with Gasteiger partial charge < -0.3 is 0 Å². The summed E-state index contributed by atoms with van der Waals surface area (Å²) in [5, 5.41) is 0. The molecule has 0 aromatic heterocycles. The first-order chi connectivity index (χ1) is 9.36. The van der Waals surface area contributed by atoms with Gasteiger partial charge >= 0.3 is 0 Å². The van der Waals surface area contributed by atoms with E-state index in [9.17, 15) is 0 Å². The predicted molar refractivity (Wildman–Crippen MR) is 101 cm³/mol. The zero-order valence-electron chi connectivity index (χ0n) is 9.73. The molecule has 0 saturated carbocycles. The highest BCUT2D eigenvalue weighted by atomic mass is 79.9. The molecule has 0 aliphatic rings. The van der Waals surface area contributed by atoms with Crippen molar-refractivity contribution < 1.29 is 0 Å². The third-order valence-electron chi connectivity index (χ3n) is 2.49. The molecule has 104 valence electrons. The Kier molecular flexibility index (Phi) is 6.22. The van der Waals surface area contributed by atoms with Crippen molar-refractivity contribution in [3.8, 4) is 0 Å². The zero-order chi connectivity index (χ0) is 14.9. The number of rotatable bonds is 2. The van der Waals surface area contributed by atoms with Gasteiger partial charge in [0.1, 0.15) is 4.49 Å². The van der Waals surface area contributed by atoms with E-state index in [0.717, 1.165) is 34.6 Å². The maximum absolute atomic E-state index is 6.11. The average molecular weight is 565 g/mol. The second kappa shape index (κ2) is 7.30. The van der Waals surface area contributed by atoms with Crippen molar-refractivity contribution >= 4 is 92.5 Å². The first kappa shape index (κ1) is 17.0. The fourth-order valence-corrected chi connectivity index (χ4v) is 4.81. The summed E-state index contributed by atoms with van der Waals surface area (Å²) in [7, 11) is 0. The smallest absolute Gasteiger partial charge is 0.0702 e. The molecule has 0 radical (unpaired) electrons. The maximum atomic E-state index is 6.11. The lowest BCUT2D eigenvalue weighted by Crippen LogP contribution is -1.90. The minimum Gasteiger partial charge on any atom is -0.0702 e. The standard InChI is InChI=1S/C14H6Br4Cl2/c15-9-1-7(2-10(16)5-9)13(14(19)20)8-3-11(17)6-12(18)4-8/h1-6H. The zero-order valence-corrected chi connectivity index (χ0v) is 17.6. The summed E-state index contributed by atoms with van der Waals surface area (Å²) in [5.74, 6) is 0. The molecule has 2 aromatic rings. The second-order valence-corrected chi connectivity index (χ2v) is 8.56. The van der Waals surface area contributed by atoms with Crippen molar-refractivity contribution in [3.05, 3.63) is 69.9 Å². The van der Waals surface area contributed by atoms with Gasteiger partial charge in [-0.15, -0.1) is 0 Å². The van der Waals surface area contributed by atoms with Crippen LogP contribution in [0.25, 0.3) is 5.57 Å². The highest BCUT2D eigenvalue weighted by Crippen LogP contribution is 2.36. The molecular weight excluding hydrogens is 559 g/mol. The molecule has 0 fully saturated rings. The van der Waals surface area contributed by atoms with Gasteiger partial charge in [-0.3, -0.25) is 0 Å². The van der Waals surface area contributed by atoms with Gasteiger partial charge in [-0.1, -0.05) is 86.9 Å². The Bertz CT molecular complexity index is 598. The highest BCUT2D eigenvalue weighted by Gasteiger charge is 2.12. The van der Waals surface area contributed by atoms with E-state index in [4.69, 9.17) is 23.2 Å². The summed E-state index contributed by atoms with van der Waals surface area (Å²) in [4.78, 5) is 0. The Labute approximate surface area is 161 Å². The van der Waals surface area contributed by atoms with Crippen LogP contribution in [0.1, 0.15) is 11.1 Å². The summed E-state index contributed by atoms with van der Waals surface area (Å²) in [6.45, 7) is 0. The van der Waals surface area contributed by atoms with Crippen molar-refractivity contribution in [1.29, 1.82) is 0 Å². The van der Waals surface area contributed by atoms with E-state index in [0.29, 0.717) is 0 Å². The van der Waals surface area contributed by atoms with E-state index < -0.39 is 0 Å². The largest absolute Gasteiger partial charge is 0.115 e. The molecule has 20 heavy (non-hydrogen) atoms. The fourth-order valence-electron chi connectivity index (χ4n) is 1.78. The quantitative estimate of drug-likeness (QED) is 0.348. The van der Waals surface area contributed by atoms with E-state index in [1.807, 2.05) is 36.4 Å². The van der Waals surface area contributed by atoms with Crippen LogP contribution < -0.4 is 0 Å². The molecular formula is C14H6Br4Cl2. The summed E-state index contributed by atoms with van der Waals surface area (Å²) in [6.07, 6.45) is 0. The van der Waals surface area contributed by atoms with Gasteiger partial charge in [-0.05, 0) is 47.5 Å². The molecule has 0 amide bonds. The van der Waals surface area contributed by atoms with Crippen LogP contribution in [0.15, 0.2) is 58.8 Å². The molecule has 0 saturated heterocycles. The molecule has 0 bridgehead atoms. The summed E-state index contributed by atoms with van der Waals surface area (Å²) >= 11 is 26.1. The van der Waals surface area contributed by atoms with E-state index in [1.54, 1.807) is 0 Å². The van der Waals surface area contributed by atoms with Crippen molar-refractivity contribution in [1.82, 2.24) is 0 Å². The lowest BCUT2D eigenvalue weighted by atomic mass is 10.00. The lowest BCUT2D eigenvalue weighted by Gasteiger charge is -2.11. The van der Waals surface area contributed by atoms with Crippen LogP contribution in [-0.4, -0.2) is 0 Å². The molecule has 0 aliphatic carbocycles. The summed E-state index contributed by atoms with van der Waals surface area (Å²) < 4.78 is 4.01. The minimum absolute atomic E-state index is 0.222. The van der Waals surface area contributed by atoms with Crippen molar-refractivity contribution in [2.24, 2.45) is 0 Å². The number of halogens is 6. The monoisotopic (exact) mass is 560 g/mol. The van der Waals surface area contributed by atoms with E-state index in [-0.39, 0.29) is 4.49 Å². The molecule has 0 atom stereocenters. The number of benzene rings is 2. The van der Waals surface area contributed by atoms with Crippen LogP contribution in [0.3, 0.4) is 0 Å². The van der Waals surface area contributed by atoms with Gasteiger partial charge in [-0.2, -0.15) is 0 Å². The molecule has 0 unspecified atom stereocenters. The molecule has 0 spiro atoms. The highest BCUT2D eigenvalue weighted by molar-refractivity contribution is 9.11. The Morgan fingerprint density at radius 2 is 0.900 bits per heavy atom. The van der Waals surface area contributed by atoms with Crippen LogP contribution >= 0.6 is 86.9 Å². The van der Waals surface area contributed by atoms with Crippen LogP contribution in [0.2, 0.25) is 0 Å². The SMILES string of the molecule is ClC(Cl)=C(c1cc(Br)cc(Br)c1)c1cc(Br)cc(Br)c1. The third-order valence-corrected chi connectivity index (χ3v) is 4.70. The fraction of sp³-hybridized carbons (Fsp3) is 0. The van der Waals surface area contributed by atoms with Gasteiger partial charge in [-0.25, -0.2) is 0 Å². The van der Waals surface area contributed by atoms with Gasteiger partial charge in [0.25, 0.3) is 0 Å². The van der Waals surface area contributed by atoms with Crippen LogP contribution in [0.5, 0.6) is 0 Å². The van der Waals surface area contributed by atoms with Crippen LogP contribution in [0.4, 0.5) is 0 Å². The average Bonchev–Trinajstić information content (AvgIpc) is 2.25. The first-order valence-corrected chi connectivity index (χ1v) is 9.28. The van der Waals surface area contributed by atoms with Gasteiger partial charge in [0, 0.05) is 23.5 Å². The van der Waals surface area contributed by atoms with Gasteiger partial charge in [0.2, 0.25) is 0 Å². The number of hydrogen-bond donors (Lipinski definition) is 0. The normalized spacial score (nSPS) is 10.5. The lowest BCUT2D eigenvalue weighted by molar-refractivity contribution is 1.48. The third kappa shape index (κ3) is 4.34. The van der Waals surface area contributed by atoms with Crippen LogP contribution in [-0.2, 0) is 0 Å². The Hall–Kier alpha value is 0.680. The van der Waals surface area contributed by atoms with Crippen molar-refractivity contribution in [2.75, 3.05) is 0 Å².